The quantitative estimate of drug-likeness (QED) is 0.0261. The predicted molar refractivity (Wildman–Crippen MR) is 311 cm³/mol. The minimum Gasteiger partial charge on any atom is -0.462 e. The molecule has 0 aliphatic heterocycles. The molecule has 1 atom stereocenters. The van der Waals surface area contributed by atoms with Crippen LogP contribution in [0.2, 0.25) is 0 Å². The van der Waals surface area contributed by atoms with Crippen molar-refractivity contribution in [3.8, 4) is 0 Å². The zero-order valence-electron chi connectivity index (χ0n) is 46.7. The molecule has 0 aromatic rings. The highest BCUT2D eigenvalue weighted by Gasteiger charge is 2.19. The van der Waals surface area contributed by atoms with Gasteiger partial charge in [-0.3, -0.25) is 14.4 Å². The average molecular weight is 998 g/mol. The van der Waals surface area contributed by atoms with Crippen LogP contribution in [0.3, 0.4) is 0 Å². The Bertz CT molecular complexity index is 1520. The Morgan fingerprint density at radius 1 is 0.292 bits per heavy atom. The molecule has 0 aromatic heterocycles. The Hall–Kier alpha value is -4.19. The van der Waals surface area contributed by atoms with Gasteiger partial charge in [-0.1, -0.05) is 245 Å². The van der Waals surface area contributed by atoms with E-state index in [1.165, 1.54) is 70.6 Å². The summed E-state index contributed by atoms with van der Waals surface area (Å²) in [6, 6.07) is 0. The molecule has 0 aliphatic carbocycles. The van der Waals surface area contributed by atoms with Crippen LogP contribution in [0.25, 0.3) is 0 Å². The van der Waals surface area contributed by atoms with E-state index in [4.69, 9.17) is 14.2 Å². The average Bonchev–Trinajstić information content (AvgIpc) is 3.38. The highest BCUT2D eigenvalue weighted by atomic mass is 16.6. The third kappa shape index (κ3) is 56.7. The van der Waals surface area contributed by atoms with Crippen LogP contribution in [0.1, 0.15) is 258 Å². The number of esters is 3. The van der Waals surface area contributed by atoms with Gasteiger partial charge in [0, 0.05) is 19.3 Å². The second-order valence-corrected chi connectivity index (χ2v) is 19.2. The van der Waals surface area contributed by atoms with E-state index < -0.39 is 6.10 Å². The van der Waals surface area contributed by atoms with Crippen molar-refractivity contribution in [3.05, 3.63) is 122 Å². The molecule has 0 heterocycles. The van der Waals surface area contributed by atoms with Crippen molar-refractivity contribution in [2.75, 3.05) is 13.2 Å². The fourth-order valence-corrected chi connectivity index (χ4v) is 7.78. The molecule has 0 spiro atoms. The van der Waals surface area contributed by atoms with E-state index in [2.05, 4.69) is 142 Å². The van der Waals surface area contributed by atoms with Crippen molar-refractivity contribution >= 4 is 17.9 Å². The molecule has 0 radical (unpaired) electrons. The summed E-state index contributed by atoms with van der Waals surface area (Å²) in [5, 5.41) is 0. The molecule has 0 saturated carbocycles. The minimum atomic E-state index is -0.797. The van der Waals surface area contributed by atoms with Gasteiger partial charge in [0.2, 0.25) is 0 Å². The summed E-state index contributed by atoms with van der Waals surface area (Å²) >= 11 is 0. The molecule has 0 aromatic carbocycles. The van der Waals surface area contributed by atoms with E-state index in [-0.39, 0.29) is 31.1 Å². The third-order valence-electron chi connectivity index (χ3n) is 12.2. The summed E-state index contributed by atoms with van der Waals surface area (Å²) in [4.78, 5) is 38.0. The fraction of sp³-hybridized carbons (Fsp3) is 0.652. The monoisotopic (exact) mass is 997 g/mol. The molecule has 6 nitrogen and oxygen atoms in total. The lowest BCUT2D eigenvalue weighted by Gasteiger charge is -2.18. The summed E-state index contributed by atoms with van der Waals surface area (Å²) in [7, 11) is 0. The maximum atomic E-state index is 12.8. The molecule has 0 aliphatic rings. The zero-order valence-corrected chi connectivity index (χ0v) is 46.7. The third-order valence-corrected chi connectivity index (χ3v) is 12.2. The molecule has 408 valence electrons. The molecular weight excluding hydrogens is 889 g/mol. The molecule has 0 fully saturated rings. The van der Waals surface area contributed by atoms with Gasteiger partial charge in [0.05, 0.1) is 0 Å². The van der Waals surface area contributed by atoms with Crippen LogP contribution >= 0.6 is 0 Å². The molecule has 0 saturated heterocycles. The van der Waals surface area contributed by atoms with Gasteiger partial charge in [-0.15, -0.1) is 0 Å². The van der Waals surface area contributed by atoms with E-state index in [1.54, 1.807) is 0 Å². The van der Waals surface area contributed by atoms with E-state index >= 15 is 0 Å². The van der Waals surface area contributed by atoms with Crippen molar-refractivity contribution < 1.29 is 28.6 Å². The first-order chi connectivity index (χ1) is 35.5. The van der Waals surface area contributed by atoms with Crippen LogP contribution in [0, 0.1) is 0 Å². The largest absolute Gasteiger partial charge is 0.462 e. The molecule has 1 unspecified atom stereocenters. The number of carbonyl (C=O) groups excluding carboxylic acids is 3. The molecule has 0 N–H and O–H groups in total. The Morgan fingerprint density at radius 2 is 0.542 bits per heavy atom. The van der Waals surface area contributed by atoms with Crippen LogP contribution in [0.15, 0.2) is 122 Å². The zero-order chi connectivity index (χ0) is 52.2. The van der Waals surface area contributed by atoms with E-state index in [0.29, 0.717) is 19.3 Å². The number of rotatable bonds is 52. The van der Waals surface area contributed by atoms with Gasteiger partial charge in [0.15, 0.2) is 6.10 Å². The van der Waals surface area contributed by atoms with Crippen LogP contribution in [0.4, 0.5) is 0 Å². The topological polar surface area (TPSA) is 78.9 Å². The number of allylic oxidation sites excluding steroid dienone is 20. The lowest BCUT2D eigenvalue weighted by Crippen LogP contribution is -2.30. The maximum Gasteiger partial charge on any atom is 0.306 e. The van der Waals surface area contributed by atoms with E-state index in [0.717, 1.165) is 148 Å². The van der Waals surface area contributed by atoms with Crippen molar-refractivity contribution in [1.82, 2.24) is 0 Å². The second kappa shape index (κ2) is 59.4. The summed E-state index contributed by atoms with van der Waals surface area (Å²) in [5.41, 5.74) is 0. The van der Waals surface area contributed by atoms with Crippen LogP contribution in [-0.4, -0.2) is 37.2 Å². The molecule has 0 amide bonds. The number of carbonyl (C=O) groups is 3. The summed E-state index contributed by atoms with van der Waals surface area (Å²) in [5.74, 6) is -0.937. The highest BCUT2D eigenvalue weighted by Crippen LogP contribution is 2.14. The van der Waals surface area contributed by atoms with Crippen LogP contribution < -0.4 is 0 Å². The molecule has 6 heteroatoms. The minimum absolute atomic E-state index is 0.0929. The van der Waals surface area contributed by atoms with Crippen LogP contribution in [-0.2, 0) is 28.6 Å². The molecule has 0 bridgehead atoms. The van der Waals surface area contributed by atoms with Gasteiger partial charge in [-0.05, 0) is 116 Å². The van der Waals surface area contributed by atoms with Gasteiger partial charge in [-0.2, -0.15) is 0 Å². The number of unbranched alkanes of at least 4 members (excludes halogenated alkanes) is 21. The summed E-state index contributed by atoms with van der Waals surface area (Å²) < 4.78 is 16.8. The number of hydrogen-bond acceptors (Lipinski definition) is 6. The van der Waals surface area contributed by atoms with E-state index in [1.807, 2.05) is 0 Å². The SMILES string of the molecule is CC/C=C\C/C=C\C/C=C\C/C=C\C/C=C\C/C=C\C/C=C\C/C=C\CCCCCCC(=O)OCC(COC(=O)CCCCCCCCCCC)OC(=O)CCCCCCC/C=C\C/C=C\CCCCCC. The summed E-state index contributed by atoms with van der Waals surface area (Å²) in [6.45, 7) is 6.45. The smallest absolute Gasteiger partial charge is 0.306 e. The van der Waals surface area contributed by atoms with Gasteiger partial charge in [-0.25, -0.2) is 0 Å². The molecule has 72 heavy (non-hydrogen) atoms. The predicted octanol–water partition coefficient (Wildman–Crippen LogP) is 20.0. The van der Waals surface area contributed by atoms with Crippen molar-refractivity contribution in [1.29, 1.82) is 0 Å². The van der Waals surface area contributed by atoms with Gasteiger partial charge in [0.1, 0.15) is 13.2 Å². The fourth-order valence-electron chi connectivity index (χ4n) is 7.78. The van der Waals surface area contributed by atoms with Crippen LogP contribution in [0.5, 0.6) is 0 Å². The van der Waals surface area contributed by atoms with Crippen molar-refractivity contribution in [3.63, 3.8) is 0 Å². The first kappa shape index (κ1) is 67.8. The molecule has 0 rings (SSSR count). The Kier molecular flexibility index (Phi) is 55.9. The lowest BCUT2D eigenvalue weighted by atomic mass is 10.1. The Balaban J connectivity index is 4.33. The first-order valence-corrected chi connectivity index (χ1v) is 29.5. The second-order valence-electron chi connectivity index (χ2n) is 19.2. The van der Waals surface area contributed by atoms with Gasteiger partial charge < -0.3 is 14.2 Å². The lowest BCUT2D eigenvalue weighted by molar-refractivity contribution is -0.167. The van der Waals surface area contributed by atoms with Gasteiger partial charge in [0.25, 0.3) is 0 Å². The Morgan fingerprint density at radius 3 is 0.861 bits per heavy atom. The van der Waals surface area contributed by atoms with Gasteiger partial charge >= 0.3 is 17.9 Å². The normalized spacial score (nSPS) is 13.0. The standard InChI is InChI=1S/C66H108O6/c1-4-7-10-13-16-19-21-23-25-27-28-29-30-31-32-33-34-35-36-37-38-39-41-42-44-47-50-53-56-59-65(68)71-62-63(61-70-64(67)58-55-52-49-46-18-15-12-9-6-3)72-66(69)60-57-54-51-48-45-43-40-26-24-22-20-17-14-11-8-5-2/h7,10,16,19-20,22-23,25-26,28-29,31-32,34-35,37-38,40-42,63H,4-6,8-9,11-15,17-18,21,24,27,30,33,36,39,43-62H2,1-3H3/b10-7-,19-16-,22-20-,25-23-,29-28-,32-31-,35-34-,38-37-,40-26-,42-41-. The number of ether oxygens (including phenoxy) is 3. The van der Waals surface area contributed by atoms with Crippen molar-refractivity contribution in [2.24, 2.45) is 0 Å². The van der Waals surface area contributed by atoms with E-state index in [9.17, 15) is 14.4 Å². The number of hydrogen-bond donors (Lipinski definition) is 0. The van der Waals surface area contributed by atoms with Crippen molar-refractivity contribution in [2.45, 2.75) is 264 Å². The summed E-state index contributed by atoms with van der Waals surface area (Å²) in [6.07, 6.45) is 82.0. The molecular formula is C66H108O6. The Labute approximate surface area is 443 Å². The first-order valence-electron chi connectivity index (χ1n) is 29.5. The maximum absolute atomic E-state index is 12.8. The highest BCUT2D eigenvalue weighted by molar-refractivity contribution is 5.71.